The van der Waals surface area contributed by atoms with Gasteiger partial charge in [-0.2, -0.15) is 0 Å². The Morgan fingerprint density at radius 1 is 1.15 bits per heavy atom. The third kappa shape index (κ3) is 4.38. The molecule has 1 fully saturated rings. The number of ether oxygens (including phenoxy) is 1. The minimum atomic E-state index is -0.578. The first-order valence-electron chi connectivity index (χ1n) is 10.4. The Labute approximate surface area is 186 Å². The van der Waals surface area contributed by atoms with Crippen molar-refractivity contribution >= 4 is 22.6 Å². The molecule has 8 nitrogen and oxygen atoms in total. The number of H-pyrrole nitrogens is 1. The van der Waals surface area contributed by atoms with Gasteiger partial charge in [-0.05, 0) is 48.7 Å². The molecule has 1 aliphatic carbocycles. The van der Waals surface area contributed by atoms with E-state index in [0.29, 0.717) is 11.4 Å². The largest absolute Gasteiger partial charge is 0.489 e. The predicted molar refractivity (Wildman–Crippen MR) is 120 cm³/mol. The molecule has 9 heteroatoms. The molecule has 2 aromatic heterocycles. The van der Waals surface area contributed by atoms with Crippen molar-refractivity contribution in [1.82, 2.24) is 14.5 Å². The van der Waals surface area contributed by atoms with Crippen molar-refractivity contribution in [3.05, 3.63) is 98.6 Å². The number of nitrogens with one attached hydrogen (secondary N) is 2. The van der Waals surface area contributed by atoms with E-state index < -0.39 is 17.2 Å². The maximum Gasteiger partial charge on any atom is 0.330 e. The zero-order valence-corrected chi connectivity index (χ0v) is 17.4. The SMILES string of the molecule is O=C(Nc1cccc(OCc2ccc(F)cc2)c1)c1cnc2c(c1)c(=O)[nH]c(=O)n2C1CC1. The fourth-order valence-electron chi connectivity index (χ4n) is 3.55. The van der Waals surface area contributed by atoms with Gasteiger partial charge in [0.15, 0.2) is 0 Å². The number of nitrogens with zero attached hydrogens (tertiary/aromatic N) is 2. The Bertz CT molecular complexity index is 1470. The first-order chi connectivity index (χ1) is 16.0. The molecule has 4 aromatic rings. The van der Waals surface area contributed by atoms with Gasteiger partial charge in [-0.15, -0.1) is 0 Å². The van der Waals surface area contributed by atoms with Crippen LogP contribution in [0.15, 0.2) is 70.4 Å². The van der Waals surface area contributed by atoms with E-state index in [2.05, 4.69) is 15.3 Å². The fraction of sp³-hybridized carbons (Fsp3) is 0.167. The summed E-state index contributed by atoms with van der Waals surface area (Å²) in [6.45, 7) is 0.248. The highest BCUT2D eigenvalue weighted by atomic mass is 19.1. The smallest absolute Gasteiger partial charge is 0.330 e. The summed E-state index contributed by atoms with van der Waals surface area (Å²) >= 11 is 0. The van der Waals surface area contributed by atoms with Gasteiger partial charge in [-0.25, -0.2) is 14.2 Å². The van der Waals surface area contributed by atoms with Crippen molar-refractivity contribution in [3.8, 4) is 5.75 Å². The van der Waals surface area contributed by atoms with Crippen molar-refractivity contribution in [3.63, 3.8) is 0 Å². The summed E-state index contributed by atoms with van der Waals surface area (Å²) in [6.07, 6.45) is 3.05. The third-order valence-electron chi connectivity index (χ3n) is 5.36. The molecule has 0 radical (unpaired) electrons. The highest BCUT2D eigenvalue weighted by Crippen LogP contribution is 2.34. The van der Waals surface area contributed by atoms with Crippen LogP contribution in [0.1, 0.15) is 34.8 Å². The van der Waals surface area contributed by atoms with E-state index >= 15 is 0 Å². The van der Waals surface area contributed by atoms with Crippen LogP contribution >= 0.6 is 0 Å². The zero-order valence-electron chi connectivity index (χ0n) is 17.4. The molecule has 0 aliphatic heterocycles. The lowest BCUT2D eigenvalue weighted by Gasteiger charge is -2.10. The predicted octanol–water partition coefficient (Wildman–Crippen LogP) is 3.39. The van der Waals surface area contributed by atoms with Gasteiger partial charge < -0.3 is 10.1 Å². The van der Waals surface area contributed by atoms with E-state index in [-0.39, 0.29) is 35.1 Å². The minimum absolute atomic E-state index is 0.0293. The summed E-state index contributed by atoms with van der Waals surface area (Å²) in [5.41, 5.74) is 0.699. The molecule has 0 spiro atoms. The number of halogens is 1. The number of carbonyl (C=O) groups excluding carboxylic acids is 1. The molecule has 166 valence electrons. The van der Waals surface area contributed by atoms with Crippen LogP contribution in [-0.4, -0.2) is 20.4 Å². The van der Waals surface area contributed by atoms with Gasteiger partial charge in [0, 0.05) is 24.0 Å². The van der Waals surface area contributed by atoms with E-state index in [1.807, 2.05) is 0 Å². The summed E-state index contributed by atoms with van der Waals surface area (Å²) in [4.78, 5) is 43.8. The van der Waals surface area contributed by atoms with E-state index in [4.69, 9.17) is 4.74 Å². The number of aromatic amines is 1. The summed E-state index contributed by atoms with van der Waals surface area (Å²) in [6, 6.07) is 14.3. The maximum absolute atomic E-state index is 13.0. The lowest BCUT2D eigenvalue weighted by Crippen LogP contribution is -2.30. The van der Waals surface area contributed by atoms with Crippen LogP contribution < -0.4 is 21.3 Å². The number of pyridine rings is 1. The van der Waals surface area contributed by atoms with Crippen molar-refractivity contribution in [2.75, 3.05) is 5.32 Å². The Kier molecular flexibility index (Phi) is 5.21. The number of fused-ring (bicyclic) bond motifs is 1. The summed E-state index contributed by atoms with van der Waals surface area (Å²) in [5.74, 6) is -0.244. The number of amides is 1. The van der Waals surface area contributed by atoms with Gasteiger partial charge in [0.05, 0.1) is 10.9 Å². The highest BCUT2D eigenvalue weighted by molar-refractivity contribution is 6.05. The minimum Gasteiger partial charge on any atom is -0.489 e. The number of benzene rings is 2. The highest BCUT2D eigenvalue weighted by Gasteiger charge is 2.27. The van der Waals surface area contributed by atoms with Crippen LogP contribution in [0.2, 0.25) is 0 Å². The van der Waals surface area contributed by atoms with Crippen molar-refractivity contribution in [1.29, 1.82) is 0 Å². The van der Waals surface area contributed by atoms with Crippen molar-refractivity contribution in [2.45, 2.75) is 25.5 Å². The molecule has 33 heavy (non-hydrogen) atoms. The van der Waals surface area contributed by atoms with Crippen LogP contribution in [0.3, 0.4) is 0 Å². The van der Waals surface area contributed by atoms with Crippen LogP contribution in [0.25, 0.3) is 11.0 Å². The molecule has 1 aliphatic rings. The number of rotatable bonds is 6. The molecular weight excluding hydrogens is 427 g/mol. The van der Waals surface area contributed by atoms with Gasteiger partial charge in [0.2, 0.25) is 0 Å². The molecule has 0 unspecified atom stereocenters. The van der Waals surface area contributed by atoms with Crippen LogP contribution in [0, 0.1) is 5.82 Å². The molecule has 0 saturated heterocycles. The van der Waals surface area contributed by atoms with E-state index in [1.165, 1.54) is 29.0 Å². The number of hydrogen-bond acceptors (Lipinski definition) is 5. The lowest BCUT2D eigenvalue weighted by molar-refractivity contribution is 0.102. The van der Waals surface area contributed by atoms with E-state index in [9.17, 15) is 18.8 Å². The average molecular weight is 446 g/mol. The standard InChI is InChI=1S/C24H19FN4O4/c25-16-6-4-14(5-7-16)13-33-19-3-1-2-17(11-19)27-22(30)15-10-20-21(26-12-15)29(18-8-9-18)24(32)28-23(20)31/h1-7,10-12,18H,8-9,13H2,(H,27,30)(H,28,31,32). The fourth-order valence-corrected chi connectivity index (χ4v) is 3.55. The Balaban J connectivity index is 1.34. The Hall–Kier alpha value is -4.27. The Morgan fingerprint density at radius 2 is 1.94 bits per heavy atom. The van der Waals surface area contributed by atoms with E-state index in [1.54, 1.807) is 36.4 Å². The lowest BCUT2D eigenvalue weighted by atomic mass is 10.2. The molecular formula is C24H19FN4O4. The number of hydrogen-bond donors (Lipinski definition) is 2. The Morgan fingerprint density at radius 3 is 2.70 bits per heavy atom. The molecule has 2 aromatic carbocycles. The van der Waals surface area contributed by atoms with Crippen LogP contribution in [0.5, 0.6) is 5.75 Å². The topological polar surface area (TPSA) is 106 Å². The zero-order chi connectivity index (χ0) is 22.9. The van der Waals surface area contributed by atoms with Gasteiger partial charge in [0.1, 0.15) is 23.8 Å². The average Bonchev–Trinajstić information content (AvgIpc) is 3.64. The molecule has 2 heterocycles. The maximum atomic E-state index is 13.0. The van der Waals surface area contributed by atoms with Gasteiger partial charge >= 0.3 is 5.69 Å². The van der Waals surface area contributed by atoms with Crippen molar-refractivity contribution < 1.29 is 13.9 Å². The molecule has 1 amide bonds. The molecule has 0 bridgehead atoms. The third-order valence-corrected chi connectivity index (χ3v) is 5.36. The summed E-state index contributed by atoms with van der Waals surface area (Å²) in [5, 5.41) is 2.95. The first-order valence-corrected chi connectivity index (χ1v) is 10.4. The summed E-state index contributed by atoms with van der Waals surface area (Å²) in [7, 11) is 0. The molecule has 5 rings (SSSR count). The second-order valence-corrected chi connectivity index (χ2v) is 7.85. The van der Waals surface area contributed by atoms with Crippen molar-refractivity contribution in [2.24, 2.45) is 0 Å². The molecule has 0 atom stereocenters. The molecule has 2 N–H and O–H groups in total. The normalized spacial score (nSPS) is 13.1. The monoisotopic (exact) mass is 446 g/mol. The van der Waals surface area contributed by atoms with Gasteiger partial charge in [-0.1, -0.05) is 18.2 Å². The summed E-state index contributed by atoms with van der Waals surface area (Å²) < 4.78 is 20.2. The number of carbonyl (C=O) groups is 1. The van der Waals surface area contributed by atoms with Crippen LogP contribution in [0.4, 0.5) is 10.1 Å². The van der Waals surface area contributed by atoms with E-state index in [0.717, 1.165) is 18.4 Å². The molecule has 1 saturated carbocycles. The first kappa shape index (κ1) is 20.6. The second kappa shape index (κ2) is 8.34. The number of anilines is 1. The van der Waals surface area contributed by atoms with Gasteiger partial charge in [0.25, 0.3) is 11.5 Å². The second-order valence-electron chi connectivity index (χ2n) is 7.85. The van der Waals surface area contributed by atoms with Gasteiger partial charge in [-0.3, -0.25) is 19.1 Å². The van der Waals surface area contributed by atoms with Crippen LogP contribution in [-0.2, 0) is 6.61 Å². The number of aromatic nitrogens is 3. The quantitative estimate of drug-likeness (QED) is 0.472.